The number of rotatable bonds is 2. The van der Waals surface area contributed by atoms with Gasteiger partial charge in [0, 0.05) is 31.0 Å². The molecule has 0 unspecified atom stereocenters. The highest BCUT2D eigenvalue weighted by Gasteiger charge is 2.53. The molecule has 2 heterocycles. The maximum Gasteiger partial charge on any atom is 0.394 e. The number of hydrogen-bond acceptors (Lipinski definition) is 4. The Labute approximate surface area is 133 Å². The maximum atomic E-state index is 13.0. The lowest BCUT2D eigenvalue weighted by Gasteiger charge is -2.18. The van der Waals surface area contributed by atoms with Gasteiger partial charge in [0.15, 0.2) is 0 Å². The van der Waals surface area contributed by atoms with Gasteiger partial charge < -0.3 is 10.0 Å². The third-order valence-corrected chi connectivity index (χ3v) is 4.06. The zero-order chi connectivity index (χ0) is 17.5. The molecule has 6 nitrogen and oxygen atoms in total. The fourth-order valence-corrected chi connectivity index (χ4v) is 2.83. The molecule has 126 valence electrons. The van der Waals surface area contributed by atoms with Crippen molar-refractivity contribution in [2.75, 3.05) is 13.1 Å². The average molecular weight is 339 g/mol. The number of aliphatic carboxylic acids is 1. The van der Waals surface area contributed by atoms with Gasteiger partial charge in [0.2, 0.25) is 0 Å². The number of likely N-dealkylation sites (tertiary alicyclic amines) is 1. The number of carbonyl (C=O) groups is 2. The van der Waals surface area contributed by atoms with Gasteiger partial charge in [-0.1, -0.05) is 0 Å². The van der Waals surface area contributed by atoms with E-state index in [0.29, 0.717) is 11.0 Å². The van der Waals surface area contributed by atoms with Crippen molar-refractivity contribution < 1.29 is 27.9 Å². The van der Waals surface area contributed by atoms with Crippen LogP contribution in [0.3, 0.4) is 0 Å². The summed E-state index contributed by atoms with van der Waals surface area (Å²) >= 11 is 0. The monoisotopic (exact) mass is 339 g/mol. The highest BCUT2D eigenvalue weighted by atomic mass is 19.4. The molecule has 1 aromatic carbocycles. The minimum atomic E-state index is -4.67. The van der Waals surface area contributed by atoms with E-state index in [1.54, 1.807) is 6.07 Å². The van der Waals surface area contributed by atoms with Gasteiger partial charge in [-0.25, -0.2) is 0 Å². The number of alkyl halides is 3. The van der Waals surface area contributed by atoms with Crippen LogP contribution in [0, 0.1) is 11.8 Å². The van der Waals surface area contributed by atoms with Gasteiger partial charge in [-0.15, -0.1) is 0 Å². The Bertz CT molecular complexity index is 809. The van der Waals surface area contributed by atoms with Crippen LogP contribution in [0.2, 0.25) is 0 Å². The van der Waals surface area contributed by atoms with E-state index in [2.05, 4.69) is 9.97 Å². The second-order valence-corrected chi connectivity index (χ2v) is 5.56. The SMILES string of the molecule is O=C(O)[C@@H]1CN(C(=O)c2ccc3nccnc3c2)C[C@H]1C(F)(F)F. The molecule has 1 saturated heterocycles. The van der Waals surface area contributed by atoms with Crippen LogP contribution in [0.4, 0.5) is 13.2 Å². The van der Waals surface area contributed by atoms with Crippen LogP contribution in [-0.4, -0.2) is 51.1 Å². The molecule has 1 aliphatic rings. The number of nitrogens with zero attached hydrogens (tertiary/aromatic N) is 3. The first-order chi connectivity index (χ1) is 11.3. The fraction of sp³-hybridized carbons (Fsp3) is 0.333. The van der Waals surface area contributed by atoms with Gasteiger partial charge >= 0.3 is 12.1 Å². The zero-order valence-corrected chi connectivity index (χ0v) is 12.2. The third-order valence-electron chi connectivity index (χ3n) is 4.06. The molecule has 1 fully saturated rings. The van der Waals surface area contributed by atoms with Crippen LogP contribution in [0.5, 0.6) is 0 Å². The highest BCUT2D eigenvalue weighted by Crippen LogP contribution is 2.38. The topological polar surface area (TPSA) is 83.4 Å². The van der Waals surface area contributed by atoms with Crippen LogP contribution in [0.15, 0.2) is 30.6 Å². The van der Waals surface area contributed by atoms with Crippen LogP contribution in [0.1, 0.15) is 10.4 Å². The van der Waals surface area contributed by atoms with E-state index in [0.717, 1.165) is 4.90 Å². The Balaban J connectivity index is 1.88. The molecule has 1 amide bonds. The van der Waals surface area contributed by atoms with E-state index >= 15 is 0 Å². The first-order valence-electron chi connectivity index (χ1n) is 7.07. The molecule has 1 aliphatic heterocycles. The maximum absolute atomic E-state index is 13.0. The van der Waals surface area contributed by atoms with Crippen LogP contribution < -0.4 is 0 Å². The molecular formula is C15H12F3N3O3. The predicted octanol–water partition coefficient (Wildman–Crippen LogP) is 1.96. The Morgan fingerprint density at radius 1 is 1.12 bits per heavy atom. The summed E-state index contributed by atoms with van der Waals surface area (Å²) in [7, 11) is 0. The number of hydrogen-bond donors (Lipinski definition) is 1. The van der Waals surface area contributed by atoms with E-state index in [1.807, 2.05) is 0 Å². The van der Waals surface area contributed by atoms with Gasteiger partial charge in [-0.3, -0.25) is 19.6 Å². The molecule has 1 aromatic heterocycles. The van der Waals surface area contributed by atoms with Gasteiger partial charge in [-0.2, -0.15) is 13.2 Å². The molecule has 0 radical (unpaired) electrons. The molecule has 2 aromatic rings. The van der Waals surface area contributed by atoms with Gasteiger partial charge in [0.25, 0.3) is 5.91 Å². The smallest absolute Gasteiger partial charge is 0.394 e. The number of aromatic nitrogens is 2. The Hall–Kier alpha value is -2.71. The highest BCUT2D eigenvalue weighted by molar-refractivity contribution is 5.97. The van der Waals surface area contributed by atoms with E-state index in [9.17, 15) is 22.8 Å². The van der Waals surface area contributed by atoms with Crippen LogP contribution >= 0.6 is 0 Å². The van der Waals surface area contributed by atoms with Crippen molar-refractivity contribution in [2.24, 2.45) is 11.8 Å². The molecular weight excluding hydrogens is 327 g/mol. The number of carboxylic acid groups (broad SMARTS) is 1. The Morgan fingerprint density at radius 3 is 2.38 bits per heavy atom. The van der Waals surface area contributed by atoms with E-state index < -0.39 is 43.0 Å². The van der Waals surface area contributed by atoms with Crippen molar-refractivity contribution in [3.8, 4) is 0 Å². The zero-order valence-electron chi connectivity index (χ0n) is 12.2. The van der Waals surface area contributed by atoms with Crippen LogP contribution in [-0.2, 0) is 4.79 Å². The summed E-state index contributed by atoms with van der Waals surface area (Å²) < 4.78 is 39.0. The minimum Gasteiger partial charge on any atom is -0.481 e. The first-order valence-corrected chi connectivity index (χ1v) is 7.07. The first kappa shape index (κ1) is 16.2. The van der Waals surface area contributed by atoms with Gasteiger partial charge in [-0.05, 0) is 18.2 Å². The van der Waals surface area contributed by atoms with E-state index in [1.165, 1.54) is 24.5 Å². The predicted molar refractivity (Wildman–Crippen MR) is 76.1 cm³/mol. The largest absolute Gasteiger partial charge is 0.481 e. The van der Waals surface area contributed by atoms with Crippen molar-refractivity contribution in [3.05, 3.63) is 36.2 Å². The van der Waals surface area contributed by atoms with Crippen molar-refractivity contribution >= 4 is 22.9 Å². The van der Waals surface area contributed by atoms with Crippen LogP contribution in [0.25, 0.3) is 11.0 Å². The van der Waals surface area contributed by atoms with Crippen molar-refractivity contribution in [2.45, 2.75) is 6.18 Å². The van der Waals surface area contributed by atoms with Crippen molar-refractivity contribution in [1.29, 1.82) is 0 Å². The number of halogens is 3. The standard InChI is InChI=1S/C15H12F3N3O3/c16-15(17,18)10-7-21(6-9(10)14(23)24)13(22)8-1-2-11-12(5-8)20-4-3-19-11/h1-5,9-10H,6-7H2,(H,23,24)/t9-,10-/m1/s1. The summed E-state index contributed by atoms with van der Waals surface area (Å²) in [5.41, 5.74) is 1.13. The third kappa shape index (κ3) is 2.89. The fourth-order valence-electron chi connectivity index (χ4n) is 2.83. The Morgan fingerprint density at radius 2 is 1.79 bits per heavy atom. The van der Waals surface area contributed by atoms with E-state index in [-0.39, 0.29) is 5.56 Å². The average Bonchev–Trinajstić information content (AvgIpc) is 2.99. The number of carbonyl (C=O) groups excluding carboxylic acids is 1. The number of fused-ring (bicyclic) bond motifs is 1. The lowest BCUT2D eigenvalue weighted by molar-refractivity contribution is -0.187. The van der Waals surface area contributed by atoms with Crippen molar-refractivity contribution in [1.82, 2.24) is 14.9 Å². The molecule has 0 aliphatic carbocycles. The second kappa shape index (κ2) is 5.73. The summed E-state index contributed by atoms with van der Waals surface area (Å²) in [6.45, 7) is -1.14. The Kier molecular flexibility index (Phi) is 3.86. The minimum absolute atomic E-state index is 0.148. The lowest BCUT2D eigenvalue weighted by Crippen LogP contribution is -2.34. The summed E-state index contributed by atoms with van der Waals surface area (Å²) in [4.78, 5) is 32.5. The molecule has 0 saturated carbocycles. The summed E-state index contributed by atoms with van der Waals surface area (Å²) in [6.07, 6.45) is -1.75. The lowest BCUT2D eigenvalue weighted by atomic mass is 9.96. The number of amides is 1. The van der Waals surface area contributed by atoms with Gasteiger partial charge in [0.05, 0.1) is 22.9 Å². The summed E-state index contributed by atoms with van der Waals surface area (Å²) in [6, 6.07) is 4.42. The molecule has 1 N–H and O–H groups in total. The summed E-state index contributed by atoms with van der Waals surface area (Å²) in [5, 5.41) is 9.00. The molecule has 0 bridgehead atoms. The van der Waals surface area contributed by atoms with E-state index in [4.69, 9.17) is 5.11 Å². The number of carboxylic acids is 1. The van der Waals surface area contributed by atoms with Gasteiger partial charge in [0.1, 0.15) is 0 Å². The number of benzene rings is 1. The molecule has 9 heteroatoms. The summed E-state index contributed by atoms with van der Waals surface area (Å²) in [5.74, 6) is -5.94. The van der Waals surface area contributed by atoms with Crippen molar-refractivity contribution in [3.63, 3.8) is 0 Å². The molecule has 0 spiro atoms. The molecule has 24 heavy (non-hydrogen) atoms. The molecule has 3 rings (SSSR count). The quantitative estimate of drug-likeness (QED) is 0.904. The second-order valence-electron chi connectivity index (χ2n) is 5.56. The molecule has 2 atom stereocenters. The normalized spacial score (nSPS) is 21.2.